The molecule has 0 bridgehead atoms. The topological polar surface area (TPSA) is 59.4 Å². The molecule has 2 aromatic carbocycles. The van der Waals surface area contributed by atoms with Crippen LogP contribution in [0.3, 0.4) is 0 Å². The first-order chi connectivity index (χ1) is 11.5. The molecular weight excluding hydrogens is 322 g/mol. The van der Waals surface area contributed by atoms with E-state index in [1.807, 2.05) is 55.5 Å². The van der Waals surface area contributed by atoms with Crippen LogP contribution in [0.2, 0.25) is 0 Å². The van der Waals surface area contributed by atoms with Gasteiger partial charge in [0.15, 0.2) is 0 Å². The molecule has 0 spiro atoms. The molecule has 1 N–H and O–H groups in total. The average molecular weight is 339 g/mol. The molecule has 0 aliphatic rings. The molecule has 0 atom stereocenters. The van der Waals surface area contributed by atoms with Gasteiger partial charge >= 0.3 is 5.97 Å². The molecule has 4 nitrogen and oxygen atoms in total. The lowest BCUT2D eigenvalue weighted by Crippen LogP contribution is -1.96. The van der Waals surface area contributed by atoms with E-state index in [-0.39, 0.29) is 4.88 Å². The first kappa shape index (κ1) is 16.2. The molecule has 0 unspecified atom stereocenters. The third kappa shape index (κ3) is 3.46. The van der Waals surface area contributed by atoms with Crippen molar-refractivity contribution in [2.24, 2.45) is 0 Å². The Hall–Kier alpha value is -2.66. The summed E-state index contributed by atoms with van der Waals surface area (Å²) in [7, 11) is 0. The maximum Gasteiger partial charge on any atom is 0.347 e. The highest BCUT2D eigenvalue weighted by atomic mass is 32.1. The number of aryl methyl sites for hydroxylation is 2. The highest BCUT2D eigenvalue weighted by Gasteiger charge is 2.14. The highest BCUT2D eigenvalue weighted by Crippen LogP contribution is 2.28. The van der Waals surface area contributed by atoms with Gasteiger partial charge in [-0.15, -0.1) is 11.3 Å². The van der Waals surface area contributed by atoms with Crippen molar-refractivity contribution in [3.05, 3.63) is 70.2 Å². The summed E-state index contributed by atoms with van der Waals surface area (Å²) in [4.78, 5) is 15.8. The average Bonchev–Trinajstić information content (AvgIpc) is 2.97. The fourth-order valence-electron chi connectivity index (χ4n) is 2.34. The SMILES string of the molecule is Cc1ccccc1OCc1ccc(-c2nc(C)c(C(=O)O)s2)cc1. The van der Waals surface area contributed by atoms with Crippen molar-refractivity contribution in [2.75, 3.05) is 0 Å². The number of hydrogen-bond acceptors (Lipinski definition) is 4. The van der Waals surface area contributed by atoms with Crippen LogP contribution in [0.25, 0.3) is 10.6 Å². The summed E-state index contributed by atoms with van der Waals surface area (Å²) < 4.78 is 5.83. The monoisotopic (exact) mass is 339 g/mol. The number of aromatic carboxylic acids is 1. The summed E-state index contributed by atoms with van der Waals surface area (Å²) in [5.41, 5.74) is 3.62. The number of thiazole rings is 1. The number of para-hydroxylation sites is 1. The van der Waals surface area contributed by atoms with Crippen molar-refractivity contribution < 1.29 is 14.6 Å². The number of carboxylic acid groups (broad SMARTS) is 1. The molecule has 0 amide bonds. The van der Waals surface area contributed by atoms with Crippen LogP contribution >= 0.6 is 11.3 Å². The zero-order valence-electron chi connectivity index (χ0n) is 13.4. The maximum atomic E-state index is 11.1. The molecule has 0 saturated carbocycles. The normalized spacial score (nSPS) is 10.6. The number of ether oxygens (including phenoxy) is 1. The van der Waals surface area contributed by atoms with Crippen LogP contribution in [-0.4, -0.2) is 16.1 Å². The van der Waals surface area contributed by atoms with Gasteiger partial charge in [-0.1, -0.05) is 42.5 Å². The number of carboxylic acids is 1. The van der Waals surface area contributed by atoms with Crippen LogP contribution in [0.5, 0.6) is 5.75 Å². The van der Waals surface area contributed by atoms with Crippen LogP contribution in [0.1, 0.15) is 26.5 Å². The van der Waals surface area contributed by atoms with Crippen LogP contribution in [0, 0.1) is 13.8 Å². The number of hydrogen-bond donors (Lipinski definition) is 1. The van der Waals surface area contributed by atoms with E-state index in [9.17, 15) is 4.79 Å². The van der Waals surface area contributed by atoms with E-state index < -0.39 is 5.97 Å². The molecular formula is C19H17NO3S. The van der Waals surface area contributed by atoms with E-state index in [0.29, 0.717) is 12.3 Å². The van der Waals surface area contributed by atoms with Gasteiger partial charge in [0, 0.05) is 5.56 Å². The second-order valence-corrected chi connectivity index (χ2v) is 6.49. The quantitative estimate of drug-likeness (QED) is 0.732. The van der Waals surface area contributed by atoms with Crippen LogP contribution in [0.15, 0.2) is 48.5 Å². The molecule has 3 aromatic rings. The van der Waals surface area contributed by atoms with Gasteiger partial charge in [0.2, 0.25) is 0 Å². The van der Waals surface area contributed by atoms with Crippen molar-refractivity contribution >= 4 is 17.3 Å². The molecule has 0 radical (unpaired) electrons. The lowest BCUT2D eigenvalue weighted by Gasteiger charge is -2.09. The molecule has 0 aliphatic carbocycles. The van der Waals surface area contributed by atoms with E-state index >= 15 is 0 Å². The van der Waals surface area contributed by atoms with Gasteiger partial charge in [-0.05, 0) is 31.0 Å². The Bertz CT molecular complexity index is 869. The Balaban J connectivity index is 1.73. The smallest absolute Gasteiger partial charge is 0.347 e. The van der Waals surface area contributed by atoms with Gasteiger partial charge in [0.05, 0.1) is 5.69 Å². The minimum absolute atomic E-state index is 0.289. The number of benzene rings is 2. The van der Waals surface area contributed by atoms with E-state index in [1.54, 1.807) is 6.92 Å². The van der Waals surface area contributed by atoms with Crippen LogP contribution in [0.4, 0.5) is 0 Å². The number of rotatable bonds is 5. The number of carbonyl (C=O) groups is 1. The Morgan fingerprint density at radius 2 is 1.83 bits per heavy atom. The minimum Gasteiger partial charge on any atom is -0.489 e. The molecule has 1 heterocycles. The first-order valence-corrected chi connectivity index (χ1v) is 8.34. The Labute approximate surface area is 144 Å². The summed E-state index contributed by atoms with van der Waals surface area (Å²) in [5, 5.41) is 9.84. The van der Waals surface area contributed by atoms with Crippen molar-refractivity contribution in [1.29, 1.82) is 0 Å². The fraction of sp³-hybridized carbons (Fsp3) is 0.158. The summed E-state index contributed by atoms with van der Waals surface area (Å²) in [6.07, 6.45) is 0. The Kier molecular flexibility index (Phi) is 4.62. The summed E-state index contributed by atoms with van der Waals surface area (Å²) in [6.45, 7) is 4.22. The molecule has 0 aliphatic heterocycles. The van der Waals surface area contributed by atoms with Gasteiger partial charge in [0.1, 0.15) is 22.2 Å². The van der Waals surface area contributed by atoms with Crippen molar-refractivity contribution in [3.63, 3.8) is 0 Å². The van der Waals surface area contributed by atoms with Gasteiger partial charge < -0.3 is 9.84 Å². The molecule has 3 rings (SSSR count). The standard InChI is InChI=1S/C19H17NO3S/c1-12-5-3-4-6-16(12)23-11-14-7-9-15(10-8-14)18-20-13(2)17(24-18)19(21)22/h3-10H,11H2,1-2H3,(H,21,22). The molecule has 1 aromatic heterocycles. The number of nitrogens with zero attached hydrogens (tertiary/aromatic N) is 1. The maximum absolute atomic E-state index is 11.1. The molecule has 0 saturated heterocycles. The first-order valence-electron chi connectivity index (χ1n) is 7.53. The molecule has 24 heavy (non-hydrogen) atoms. The zero-order chi connectivity index (χ0) is 17.1. The Morgan fingerprint density at radius 3 is 2.46 bits per heavy atom. The lowest BCUT2D eigenvalue weighted by molar-refractivity contribution is 0.0701. The predicted molar refractivity (Wildman–Crippen MR) is 94.8 cm³/mol. The highest BCUT2D eigenvalue weighted by molar-refractivity contribution is 7.17. The largest absolute Gasteiger partial charge is 0.489 e. The fourth-order valence-corrected chi connectivity index (χ4v) is 3.25. The third-order valence-corrected chi connectivity index (χ3v) is 4.87. The third-order valence-electron chi connectivity index (χ3n) is 3.68. The molecule has 0 fully saturated rings. The van der Waals surface area contributed by atoms with E-state index in [1.165, 1.54) is 11.3 Å². The minimum atomic E-state index is -0.931. The van der Waals surface area contributed by atoms with Gasteiger partial charge in [-0.2, -0.15) is 0 Å². The van der Waals surface area contributed by atoms with Crippen LogP contribution < -0.4 is 4.74 Å². The number of aromatic nitrogens is 1. The predicted octanol–water partition coefficient (Wildman–Crippen LogP) is 4.70. The Morgan fingerprint density at radius 1 is 1.12 bits per heavy atom. The molecule has 122 valence electrons. The summed E-state index contributed by atoms with van der Waals surface area (Å²) in [5.74, 6) is -0.0530. The van der Waals surface area contributed by atoms with E-state index in [2.05, 4.69) is 4.98 Å². The van der Waals surface area contributed by atoms with Gasteiger partial charge in [-0.25, -0.2) is 9.78 Å². The van der Waals surface area contributed by atoms with Crippen LogP contribution in [-0.2, 0) is 6.61 Å². The van der Waals surface area contributed by atoms with Crippen molar-refractivity contribution in [1.82, 2.24) is 4.98 Å². The van der Waals surface area contributed by atoms with Crippen molar-refractivity contribution in [2.45, 2.75) is 20.5 Å². The second kappa shape index (κ2) is 6.84. The molecule has 5 heteroatoms. The van der Waals surface area contributed by atoms with Gasteiger partial charge in [-0.3, -0.25) is 0 Å². The second-order valence-electron chi connectivity index (χ2n) is 5.49. The summed E-state index contributed by atoms with van der Waals surface area (Å²) in [6, 6.07) is 15.8. The lowest BCUT2D eigenvalue weighted by atomic mass is 10.1. The summed E-state index contributed by atoms with van der Waals surface area (Å²) >= 11 is 1.20. The van der Waals surface area contributed by atoms with Crippen molar-refractivity contribution in [3.8, 4) is 16.3 Å². The van der Waals surface area contributed by atoms with E-state index in [0.717, 1.165) is 27.4 Å². The zero-order valence-corrected chi connectivity index (χ0v) is 14.3. The van der Waals surface area contributed by atoms with E-state index in [4.69, 9.17) is 9.84 Å². The van der Waals surface area contributed by atoms with Gasteiger partial charge in [0.25, 0.3) is 0 Å².